The fraction of sp³-hybridized carbons (Fsp3) is 0.267. The molecule has 2 aromatic rings. The lowest BCUT2D eigenvalue weighted by Gasteiger charge is -2.31. The van der Waals surface area contributed by atoms with Gasteiger partial charge < -0.3 is 10.6 Å². The average Bonchev–Trinajstić information content (AvgIpc) is 2.78. The van der Waals surface area contributed by atoms with Gasteiger partial charge in [-0.1, -0.05) is 23.9 Å². The SMILES string of the molecule is Cc1nc(NC(=O)C2(C)Sc3ccccc3NC2=O)sc1C. The first-order valence-electron chi connectivity index (χ1n) is 6.75. The molecule has 5 nitrogen and oxygen atoms in total. The molecule has 1 aromatic carbocycles. The Morgan fingerprint density at radius 2 is 2.05 bits per heavy atom. The second-order valence-corrected chi connectivity index (χ2v) is 7.86. The number of carbonyl (C=O) groups excluding carboxylic acids is 2. The minimum Gasteiger partial charge on any atom is -0.323 e. The maximum absolute atomic E-state index is 12.6. The number of carbonyl (C=O) groups is 2. The summed E-state index contributed by atoms with van der Waals surface area (Å²) in [4.78, 5) is 31.2. The minimum atomic E-state index is -1.22. The van der Waals surface area contributed by atoms with Crippen LogP contribution in [0, 0.1) is 13.8 Å². The van der Waals surface area contributed by atoms with E-state index in [0.29, 0.717) is 5.13 Å². The summed E-state index contributed by atoms with van der Waals surface area (Å²) in [5, 5.41) is 6.08. The Balaban J connectivity index is 1.86. The van der Waals surface area contributed by atoms with Crippen molar-refractivity contribution in [1.29, 1.82) is 0 Å². The van der Waals surface area contributed by atoms with Gasteiger partial charge in [-0.2, -0.15) is 0 Å². The van der Waals surface area contributed by atoms with Crippen molar-refractivity contribution < 1.29 is 9.59 Å². The third-order valence-electron chi connectivity index (χ3n) is 3.56. The fourth-order valence-corrected chi connectivity index (χ4v) is 3.97. The van der Waals surface area contributed by atoms with Gasteiger partial charge in [0.15, 0.2) is 9.88 Å². The normalized spacial score (nSPS) is 20.2. The minimum absolute atomic E-state index is 0.321. The number of thiazole rings is 1. The number of fused-ring (bicyclic) bond motifs is 1. The summed E-state index contributed by atoms with van der Waals surface area (Å²) in [6, 6.07) is 7.45. The summed E-state index contributed by atoms with van der Waals surface area (Å²) >= 11 is 2.67. The number of hydrogen-bond donors (Lipinski definition) is 2. The van der Waals surface area contributed by atoms with Crippen molar-refractivity contribution in [3.05, 3.63) is 34.8 Å². The molecule has 0 aliphatic carbocycles. The number of aryl methyl sites for hydroxylation is 2. The number of rotatable bonds is 2. The molecule has 2 N–H and O–H groups in total. The lowest BCUT2D eigenvalue weighted by Crippen LogP contribution is -2.49. The van der Waals surface area contributed by atoms with E-state index in [2.05, 4.69) is 15.6 Å². The Morgan fingerprint density at radius 3 is 2.73 bits per heavy atom. The van der Waals surface area contributed by atoms with Crippen LogP contribution in [0.25, 0.3) is 0 Å². The molecule has 0 saturated carbocycles. The highest BCUT2D eigenvalue weighted by atomic mass is 32.2. The lowest BCUT2D eigenvalue weighted by atomic mass is 10.1. The van der Waals surface area contributed by atoms with Gasteiger partial charge in [0.25, 0.3) is 5.91 Å². The van der Waals surface area contributed by atoms with E-state index in [0.717, 1.165) is 21.2 Å². The smallest absolute Gasteiger partial charge is 0.252 e. The Hall–Kier alpha value is -1.86. The molecule has 0 bridgehead atoms. The molecule has 22 heavy (non-hydrogen) atoms. The number of nitrogens with zero attached hydrogens (tertiary/aromatic N) is 1. The third kappa shape index (κ3) is 2.50. The second kappa shape index (κ2) is 5.40. The summed E-state index contributed by atoms with van der Waals surface area (Å²) in [7, 11) is 0. The second-order valence-electron chi connectivity index (χ2n) is 5.20. The van der Waals surface area contributed by atoms with Crippen LogP contribution in [-0.2, 0) is 9.59 Å². The molecule has 0 radical (unpaired) electrons. The van der Waals surface area contributed by atoms with E-state index >= 15 is 0 Å². The van der Waals surface area contributed by atoms with Gasteiger partial charge in [-0.25, -0.2) is 4.98 Å². The van der Waals surface area contributed by atoms with E-state index < -0.39 is 4.75 Å². The number of nitrogens with one attached hydrogen (secondary N) is 2. The highest BCUT2D eigenvalue weighted by molar-refractivity contribution is 8.02. The molecule has 1 aliphatic heterocycles. The van der Waals surface area contributed by atoms with Crippen molar-refractivity contribution in [3.8, 4) is 0 Å². The van der Waals surface area contributed by atoms with Crippen LogP contribution in [0.5, 0.6) is 0 Å². The van der Waals surface area contributed by atoms with Gasteiger partial charge in [0.1, 0.15) is 0 Å². The first kappa shape index (κ1) is 15.1. The molecule has 0 fully saturated rings. The standard InChI is InChI=1S/C15H15N3O2S2/c1-8-9(2)21-14(16-8)18-13(20)15(3)12(19)17-10-6-4-5-7-11(10)22-15/h4-7H,1-3H3,(H,17,19)(H,16,18,20). The molecule has 3 rings (SSSR count). The van der Waals surface area contributed by atoms with Crippen LogP contribution >= 0.6 is 23.1 Å². The monoisotopic (exact) mass is 333 g/mol. The van der Waals surface area contributed by atoms with E-state index in [1.165, 1.54) is 23.1 Å². The molecule has 1 atom stereocenters. The van der Waals surface area contributed by atoms with E-state index in [4.69, 9.17) is 0 Å². The molecular weight excluding hydrogens is 318 g/mol. The summed E-state index contributed by atoms with van der Waals surface area (Å²) < 4.78 is -1.22. The molecule has 1 aliphatic rings. The fourth-order valence-electron chi connectivity index (χ4n) is 2.06. The van der Waals surface area contributed by atoms with Gasteiger partial charge in [-0.15, -0.1) is 11.3 Å². The number of thioether (sulfide) groups is 1. The van der Waals surface area contributed by atoms with Crippen LogP contribution in [0.1, 0.15) is 17.5 Å². The van der Waals surface area contributed by atoms with Gasteiger partial charge in [-0.05, 0) is 32.9 Å². The molecule has 1 aromatic heterocycles. The van der Waals surface area contributed by atoms with Gasteiger partial charge in [0.05, 0.1) is 11.4 Å². The van der Waals surface area contributed by atoms with Crippen molar-refractivity contribution in [1.82, 2.24) is 4.98 Å². The van der Waals surface area contributed by atoms with Crippen LogP contribution < -0.4 is 10.6 Å². The first-order chi connectivity index (χ1) is 10.4. The van der Waals surface area contributed by atoms with Crippen LogP contribution in [-0.4, -0.2) is 21.5 Å². The molecule has 0 saturated heterocycles. The number of anilines is 2. The summed E-state index contributed by atoms with van der Waals surface area (Å²) in [5.41, 5.74) is 1.63. The highest BCUT2D eigenvalue weighted by Crippen LogP contribution is 2.42. The Bertz CT molecular complexity index is 752. The van der Waals surface area contributed by atoms with Gasteiger partial charge in [0.2, 0.25) is 5.91 Å². The predicted molar refractivity (Wildman–Crippen MR) is 89.6 cm³/mol. The number of amides is 2. The number of para-hydroxylation sites is 1. The zero-order valence-corrected chi connectivity index (χ0v) is 14.0. The van der Waals surface area contributed by atoms with Gasteiger partial charge in [-0.3, -0.25) is 9.59 Å². The van der Waals surface area contributed by atoms with Gasteiger partial charge in [0, 0.05) is 9.77 Å². The topological polar surface area (TPSA) is 71.1 Å². The van der Waals surface area contributed by atoms with Crippen molar-refractivity contribution in [2.75, 3.05) is 10.6 Å². The van der Waals surface area contributed by atoms with Crippen molar-refractivity contribution in [3.63, 3.8) is 0 Å². The van der Waals surface area contributed by atoms with Crippen molar-refractivity contribution in [2.24, 2.45) is 0 Å². The molecule has 2 amide bonds. The largest absolute Gasteiger partial charge is 0.323 e. The Kier molecular flexibility index (Phi) is 3.70. The maximum Gasteiger partial charge on any atom is 0.252 e. The molecular formula is C15H15N3O2S2. The van der Waals surface area contributed by atoms with E-state index in [9.17, 15) is 9.59 Å². The summed E-state index contributed by atoms with van der Waals surface area (Å²) in [5.74, 6) is -0.683. The lowest BCUT2D eigenvalue weighted by molar-refractivity contribution is -0.126. The quantitative estimate of drug-likeness (QED) is 0.828. The number of hydrogen-bond acceptors (Lipinski definition) is 5. The summed E-state index contributed by atoms with van der Waals surface area (Å²) in [6.45, 7) is 5.47. The zero-order valence-electron chi connectivity index (χ0n) is 12.4. The summed E-state index contributed by atoms with van der Waals surface area (Å²) in [6.07, 6.45) is 0. The third-order valence-corrected chi connectivity index (χ3v) is 5.91. The molecule has 0 spiro atoms. The molecule has 7 heteroatoms. The van der Waals surface area contributed by atoms with E-state index in [1.807, 2.05) is 38.1 Å². The maximum atomic E-state index is 12.6. The van der Waals surface area contributed by atoms with Crippen molar-refractivity contribution >= 4 is 45.7 Å². The van der Waals surface area contributed by atoms with E-state index in [1.54, 1.807) is 6.92 Å². The van der Waals surface area contributed by atoms with Gasteiger partial charge >= 0.3 is 0 Å². The molecule has 1 unspecified atom stereocenters. The Morgan fingerprint density at radius 1 is 1.32 bits per heavy atom. The average molecular weight is 333 g/mol. The van der Waals surface area contributed by atoms with E-state index in [-0.39, 0.29) is 11.8 Å². The van der Waals surface area contributed by atoms with Crippen LogP contribution in [0.2, 0.25) is 0 Å². The van der Waals surface area contributed by atoms with Crippen LogP contribution in [0.4, 0.5) is 10.8 Å². The van der Waals surface area contributed by atoms with Crippen molar-refractivity contribution in [2.45, 2.75) is 30.4 Å². The van der Waals surface area contributed by atoms with Crippen LogP contribution in [0.3, 0.4) is 0 Å². The van der Waals surface area contributed by atoms with Crippen LogP contribution in [0.15, 0.2) is 29.2 Å². The molecule has 114 valence electrons. The highest BCUT2D eigenvalue weighted by Gasteiger charge is 2.46. The number of aromatic nitrogens is 1. The number of benzene rings is 1. The predicted octanol–water partition coefficient (Wildman–Crippen LogP) is 3.20. The first-order valence-corrected chi connectivity index (χ1v) is 8.38. The molecule has 2 heterocycles. The Labute approximate surface area is 136 Å². The zero-order chi connectivity index (χ0) is 15.9.